The van der Waals surface area contributed by atoms with Crippen molar-refractivity contribution in [1.29, 1.82) is 0 Å². The summed E-state index contributed by atoms with van der Waals surface area (Å²) >= 11 is 7.37. The molecular formula is C29H22ClN5OS. The number of halogens is 1. The fourth-order valence-corrected chi connectivity index (χ4v) is 4.56. The van der Waals surface area contributed by atoms with E-state index < -0.39 is 0 Å². The Labute approximate surface area is 224 Å². The van der Waals surface area contributed by atoms with Gasteiger partial charge in [0.25, 0.3) is 5.91 Å². The molecule has 0 aliphatic heterocycles. The largest absolute Gasteiger partial charge is 0.272 e. The van der Waals surface area contributed by atoms with Gasteiger partial charge in [0.2, 0.25) is 0 Å². The number of amides is 1. The summed E-state index contributed by atoms with van der Waals surface area (Å²) in [6.07, 6.45) is 1.63. The summed E-state index contributed by atoms with van der Waals surface area (Å²) in [6.45, 7) is 0. The van der Waals surface area contributed by atoms with Crippen LogP contribution in [0.1, 0.15) is 5.56 Å². The van der Waals surface area contributed by atoms with Crippen molar-refractivity contribution in [2.24, 2.45) is 5.10 Å². The molecule has 0 fully saturated rings. The number of nitrogens with one attached hydrogen (secondary N) is 1. The third-order valence-electron chi connectivity index (χ3n) is 5.50. The van der Waals surface area contributed by atoms with E-state index in [0.717, 1.165) is 27.9 Å². The van der Waals surface area contributed by atoms with Crippen LogP contribution in [0.5, 0.6) is 0 Å². The quantitative estimate of drug-likeness (QED) is 0.143. The Balaban J connectivity index is 1.24. The maximum atomic E-state index is 12.5. The van der Waals surface area contributed by atoms with Gasteiger partial charge in [0.05, 0.1) is 12.0 Å². The zero-order valence-electron chi connectivity index (χ0n) is 19.7. The number of hydrogen-bond donors (Lipinski definition) is 1. The molecule has 4 aromatic carbocycles. The van der Waals surface area contributed by atoms with Gasteiger partial charge in [-0.3, -0.25) is 9.36 Å². The molecule has 1 heterocycles. The van der Waals surface area contributed by atoms with E-state index >= 15 is 0 Å². The van der Waals surface area contributed by atoms with Crippen molar-refractivity contribution in [3.8, 4) is 28.2 Å². The molecule has 0 aliphatic rings. The first-order valence-electron chi connectivity index (χ1n) is 11.5. The van der Waals surface area contributed by atoms with Crippen molar-refractivity contribution >= 4 is 35.5 Å². The lowest BCUT2D eigenvalue weighted by molar-refractivity contribution is -0.118. The molecule has 0 unspecified atom stereocenters. The molecule has 0 spiro atoms. The fourth-order valence-electron chi connectivity index (χ4n) is 3.69. The van der Waals surface area contributed by atoms with Crippen LogP contribution in [-0.2, 0) is 4.79 Å². The first-order chi connectivity index (χ1) is 18.2. The van der Waals surface area contributed by atoms with Gasteiger partial charge in [-0.1, -0.05) is 108 Å². The van der Waals surface area contributed by atoms with Crippen molar-refractivity contribution in [2.75, 3.05) is 5.75 Å². The highest BCUT2D eigenvalue weighted by Gasteiger charge is 2.17. The van der Waals surface area contributed by atoms with Gasteiger partial charge < -0.3 is 0 Å². The van der Waals surface area contributed by atoms with E-state index in [2.05, 4.69) is 32.9 Å². The number of hydrazone groups is 1. The minimum Gasteiger partial charge on any atom is -0.272 e. The Morgan fingerprint density at radius 3 is 2.11 bits per heavy atom. The molecule has 1 N–H and O–H groups in total. The van der Waals surface area contributed by atoms with Gasteiger partial charge in [-0.05, 0) is 41.0 Å². The second-order valence-corrected chi connectivity index (χ2v) is 9.43. The standard InChI is InChI=1S/C29H22ClN5OS/c30-25-15-17-26(18-16-25)35-28(24-9-5-2-6-10-24)33-34-29(35)37-20-27(36)32-31-19-21-11-13-23(14-12-21)22-7-3-1-4-8-22/h1-19H,20H2,(H,32,36)/b31-19+. The third kappa shape index (κ3) is 6.14. The normalized spacial score (nSPS) is 11.1. The summed E-state index contributed by atoms with van der Waals surface area (Å²) in [5.41, 5.74) is 7.53. The topological polar surface area (TPSA) is 72.2 Å². The summed E-state index contributed by atoms with van der Waals surface area (Å²) in [4.78, 5) is 12.5. The summed E-state index contributed by atoms with van der Waals surface area (Å²) in [5.74, 6) is 0.571. The number of hydrogen-bond acceptors (Lipinski definition) is 5. The van der Waals surface area contributed by atoms with Crippen LogP contribution in [0.4, 0.5) is 0 Å². The molecule has 182 valence electrons. The van der Waals surface area contributed by atoms with Crippen LogP contribution in [0.2, 0.25) is 5.02 Å². The smallest absolute Gasteiger partial charge is 0.250 e. The molecule has 1 amide bonds. The zero-order valence-corrected chi connectivity index (χ0v) is 21.2. The molecule has 0 saturated heterocycles. The van der Waals surface area contributed by atoms with Gasteiger partial charge in [-0.25, -0.2) is 5.43 Å². The van der Waals surface area contributed by atoms with Crippen molar-refractivity contribution < 1.29 is 4.79 Å². The number of carbonyl (C=O) groups excluding carboxylic acids is 1. The summed E-state index contributed by atoms with van der Waals surface area (Å²) in [5, 5.41) is 14.1. The summed E-state index contributed by atoms with van der Waals surface area (Å²) < 4.78 is 1.92. The van der Waals surface area contributed by atoms with E-state index in [9.17, 15) is 4.79 Å². The van der Waals surface area contributed by atoms with Crippen LogP contribution in [0.15, 0.2) is 119 Å². The molecule has 5 rings (SSSR count). The average molecular weight is 524 g/mol. The molecule has 0 radical (unpaired) electrons. The van der Waals surface area contributed by atoms with Gasteiger partial charge in [0.1, 0.15) is 0 Å². The van der Waals surface area contributed by atoms with Gasteiger partial charge in [-0.2, -0.15) is 5.10 Å². The van der Waals surface area contributed by atoms with Gasteiger partial charge in [-0.15, -0.1) is 10.2 Å². The van der Waals surface area contributed by atoms with Crippen molar-refractivity contribution in [2.45, 2.75) is 5.16 Å². The van der Waals surface area contributed by atoms with E-state index in [1.54, 1.807) is 6.21 Å². The van der Waals surface area contributed by atoms with Gasteiger partial charge in [0, 0.05) is 16.3 Å². The monoisotopic (exact) mass is 523 g/mol. The lowest BCUT2D eigenvalue weighted by atomic mass is 10.0. The molecule has 0 saturated carbocycles. The first kappa shape index (κ1) is 24.5. The summed E-state index contributed by atoms with van der Waals surface area (Å²) in [7, 11) is 0. The lowest BCUT2D eigenvalue weighted by Gasteiger charge is -2.10. The molecule has 0 atom stereocenters. The number of nitrogens with zero attached hydrogens (tertiary/aromatic N) is 4. The Hall–Kier alpha value is -4.20. The number of rotatable bonds is 8. The molecule has 5 aromatic rings. The maximum absolute atomic E-state index is 12.5. The molecule has 1 aromatic heterocycles. The molecule has 37 heavy (non-hydrogen) atoms. The highest BCUT2D eigenvalue weighted by molar-refractivity contribution is 7.99. The summed E-state index contributed by atoms with van der Waals surface area (Å²) in [6, 6.07) is 35.4. The predicted octanol–water partition coefficient (Wildman–Crippen LogP) is 6.50. The second kappa shape index (κ2) is 11.7. The highest BCUT2D eigenvalue weighted by atomic mass is 35.5. The molecule has 0 aliphatic carbocycles. The maximum Gasteiger partial charge on any atom is 0.250 e. The lowest BCUT2D eigenvalue weighted by Crippen LogP contribution is -2.20. The van der Waals surface area contributed by atoms with Crippen molar-refractivity contribution in [1.82, 2.24) is 20.2 Å². The SMILES string of the molecule is O=C(CSc1nnc(-c2ccccc2)n1-c1ccc(Cl)cc1)N/N=C/c1ccc(-c2ccccc2)cc1. The zero-order chi connectivity index (χ0) is 25.5. The Kier molecular flexibility index (Phi) is 7.74. The molecule has 0 bridgehead atoms. The van der Waals surface area contributed by atoms with E-state index in [4.69, 9.17) is 11.6 Å². The second-order valence-electron chi connectivity index (χ2n) is 8.05. The third-order valence-corrected chi connectivity index (χ3v) is 6.68. The van der Waals surface area contributed by atoms with Crippen LogP contribution < -0.4 is 5.43 Å². The van der Waals surface area contributed by atoms with Crippen LogP contribution >= 0.6 is 23.4 Å². The van der Waals surface area contributed by atoms with Gasteiger partial charge >= 0.3 is 0 Å². The highest BCUT2D eigenvalue weighted by Crippen LogP contribution is 2.28. The van der Waals surface area contributed by atoms with Crippen molar-refractivity contribution in [3.05, 3.63) is 120 Å². The predicted molar refractivity (Wildman–Crippen MR) is 150 cm³/mol. The minimum absolute atomic E-state index is 0.130. The van der Waals surface area contributed by atoms with E-state index in [-0.39, 0.29) is 11.7 Å². The average Bonchev–Trinajstić information content (AvgIpc) is 3.38. The van der Waals surface area contributed by atoms with Crippen LogP contribution in [-0.4, -0.2) is 32.6 Å². The van der Waals surface area contributed by atoms with E-state index in [1.807, 2.05) is 102 Å². The number of thioether (sulfide) groups is 1. The van der Waals surface area contributed by atoms with Crippen LogP contribution in [0, 0.1) is 0 Å². The van der Waals surface area contributed by atoms with Crippen molar-refractivity contribution in [3.63, 3.8) is 0 Å². The fraction of sp³-hybridized carbons (Fsp3) is 0.0345. The number of aromatic nitrogens is 3. The molecule has 6 nitrogen and oxygen atoms in total. The van der Waals surface area contributed by atoms with E-state index in [1.165, 1.54) is 11.8 Å². The number of benzene rings is 4. The molecule has 8 heteroatoms. The van der Waals surface area contributed by atoms with E-state index in [0.29, 0.717) is 16.0 Å². The Morgan fingerprint density at radius 1 is 0.811 bits per heavy atom. The van der Waals surface area contributed by atoms with Gasteiger partial charge in [0.15, 0.2) is 11.0 Å². The van der Waals surface area contributed by atoms with Crippen LogP contribution in [0.25, 0.3) is 28.2 Å². The molecular weight excluding hydrogens is 502 g/mol. The number of carbonyl (C=O) groups is 1. The first-order valence-corrected chi connectivity index (χ1v) is 12.9. The Morgan fingerprint density at radius 2 is 1.43 bits per heavy atom. The Bertz CT molecular complexity index is 1500. The van der Waals surface area contributed by atoms with Crippen LogP contribution in [0.3, 0.4) is 0 Å². The minimum atomic E-state index is -0.242.